The van der Waals surface area contributed by atoms with E-state index in [2.05, 4.69) is 0 Å². The van der Waals surface area contributed by atoms with E-state index in [1.165, 1.54) is 0 Å². The lowest BCUT2D eigenvalue weighted by Gasteiger charge is -2.23. The third-order valence-corrected chi connectivity index (χ3v) is 5.03. The maximum atomic E-state index is 13.0. The highest BCUT2D eigenvalue weighted by Gasteiger charge is 2.18. The zero-order valence-electron chi connectivity index (χ0n) is 17.5. The van der Waals surface area contributed by atoms with Crippen molar-refractivity contribution in [3.63, 3.8) is 0 Å². The minimum atomic E-state index is -0.0792. The molecule has 0 radical (unpaired) electrons. The zero-order valence-corrected chi connectivity index (χ0v) is 17.5. The van der Waals surface area contributed by atoms with Gasteiger partial charge in [-0.3, -0.25) is 4.79 Å². The van der Waals surface area contributed by atoms with Gasteiger partial charge >= 0.3 is 0 Å². The molecule has 0 N–H and O–H groups in total. The minimum absolute atomic E-state index is 0.00952. The number of carbonyl (C=O) groups excluding carboxylic acids is 1. The molecule has 1 amide bonds. The fraction of sp³-hybridized carbons (Fsp3) is 0.240. The Labute approximate surface area is 181 Å². The number of rotatable bonds is 9. The highest BCUT2D eigenvalue weighted by atomic mass is 16.7. The molecular weight excluding hydrogens is 394 g/mol. The Hall–Kier alpha value is -3.51. The summed E-state index contributed by atoms with van der Waals surface area (Å²) in [5.74, 6) is 2.13. The lowest BCUT2D eigenvalue weighted by Crippen LogP contribution is -2.33. The van der Waals surface area contributed by atoms with Crippen LogP contribution in [-0.2, 0) is 29.2 Å². The summed E-state index contributed by atoms with van der Waals surface area (Å²) in [7, 11) is 1.63. The van der Waals surface area contributed by atoms with Crippen LogP contribution in [0.2, 0.25) is 0 Å². The Bertz CT molecular complexity index is 1000. The first-order valence-corrected chi connectivity index (χ1v) is 10.1. The molecule has 0 saturated carbocycles. The molecule has 6 heteroatoms. The SMILES string of the molecule is COc1ccc(CN(Cc2ccc3c(c2)OCO3)C(=O)COCc2ccccc2)cc1. The van der Waals surface area contributed by atoms with Crippen molar-refractivity contribution >= 4 is 5.91 Å². The van der Waals surface area contributed by atoms with Crippen LogP contribution < -0.4 is 14.2 Å². The van der Waals surface area contributed by atoms with Gasteiger partial charge in [-0.05, 0) is 41.0 Å². The van der Waals surface area contributed by atoms with Crippen LogP contribution in [0.5, 0.6) is 17.2 Å². The maximum Gasteiger partial charge on any atom is 0.249 e. The molecule has 0 saturated heterocycles. The van der Waals surface area contributed by atoms with Gasteiger partial charge in [0.05, 0.1) is 13.7 Å². The second kappa shape index (κ2) is 10.00. The summed E-state index contributed by atoms with van der Waals surface area (Å²) >= 11 is 0. The quantitative estimate of drug-likeness (QED) is 0.521. The van der Waals surface area contributed by atoms with Crippen molar-refractivity contribution in [1.29, 1.82) is 0 Å². The Morgan fingerprint density at radius 2 is 1.58 bits per heavy atom. The van der Waals surface area contributed by atoms with Crippen molar-refractivity contribution in [2.45, 2.75) is 19.7 Å². The topological polar surface area (TPSA) is 57.2 Å². The van der Waals surface area contributed by atoms with Crippen molar-refractivity contribution in [2.75, 3.05) is 20.5 Å². The van der Waals surface area contributed by atoms with Gasteiger partial charge in [0.2, 0.25) is 12.7 Å². The molecule has 1 aliphatic rings. The molecule has 0 spiro atoms. The van der Waals surface area contributed by atoms with Crippen LogP contribution in [0.4, 0.5) is 0 Å². The van der Waals surface area contributed by atoms with Crippen molar-refractivity contribution in [3.05, 3.63) is 89.5 Å². The van der Waals surface area contributed by atoms with Gasteiger partial charge in [0, 0.05) is 13.1 Å². The monoisotopic (exact) mass is 419 g/mol. The van der Waals surface area contributed by atoms with E-state index in [-0.39, 0.29) is 19.3 Å². The number of ether oxygens (including phenoxy) is 4. The molecule has 0 unspecified atom stereocenters. The Kier molecular flexibility index (Phi) is 6.69. The Morgan fingerprint density at radius 3 is 2.35 bits per heavy atom. The molecule has 1 aliphatic heterocycles. The summed E-state index contributed by atoms with van der Waals surface area (Å²) in [6.07, 6.45) is 0. The second-order valence-corrected chi connectivity index (χ2v) is 7.26. The van der Waals surface area contributed by atoms with E-state index >= 15 is 0 Å². The molecule has 0 atom stereocenters. The Balaban J connectivity index is 1.44. The van der Waals surface area contributed by atoms with E-state index in [1.807, 2.05) is 72.8 Å². The normalized spacial score (nSPS) is 11.9. The number of nitrogens with zero attached hydrogens (tertiary/aromatic N) is 1. The number of methoxy groups -OCH3 is 1. The number of carbonyl (C=O) groups is 1. The lowest BCUT2D eigenvalue weighted by atomic mass is 10.1. The van der Waals surface area contributed by atoms with Crippen molar-refractivity contribution < 1.29 is 23.7 Å². The highest BCUT2D eigenvalue weighted by Crippen LogP contribution is 2.33. The maximum absolute atomic E-state index is 13.0. The summed E-state index contributed by atoms with van der Waals surface area (Å²) < 4.78 is 21.8. The highest BCUT2D eigenvalue weighted by molar-refractivity contribution is 5.77. The van der Waals surface area contributed by atoms with Gasteiger partial charge in [-0.2, -0.15) is 0 Å². The summed E-state index contributed by atoms with van der Waals surface area (Å²) in [6.45, 7) is 1.53. The van der Waals surface area contributed by atoms with Crippen molar-refractivity contribution in [1.82, 2.24) is 4.90 Å². The summed E-state index contributed by atoms with van der Waals surface area (Å²) in [5, 5.41) is 0. The molecule has 1 heterocycles. The number of hydrogen-bond donors (Lipinski definition) is 0. The molecule has 160 valence electrons. The number of amides is 1. The molecular formula is C25H25NO5. The number of hydrogen-bond acceptors (Lipinski definition) is 5. The lowest BCUT2D eigenvalue weighted by molar-refractivity contribution is -0.137. The molecule has 0 aliphatic carbocycles. The summed E-state index contributed by atoms with van der Waals surface area (Å²) in [4.78, 5) is 14.8. The van der Waals surface area contributed by atoms with Crippen LogP contribution in [0.1, 0.15) is 16.7 Å². The molecule has 0 aromatic heterocycles. The second-order valence-electron chi connectivity index (χ2n) is 7.26. The van der Waals surface area contributed by atoms with Gasteiger partial charge in [0.1, 0.15) is 12.4 Å². The molecule has 31 heavy (non-hydrogen) atoms. The average molecular weight is 419 g/mol. The van der Waals surface area contributed by atoms with Gasteiger partial charge < -0.3 is 23.8 Å². The molecule has 4 rings (SSSR count). The van der Waals surface area contributed by atoms with Crippen molar-refractivity contribution in [3.8, 4) is 17.2 Å². The Morgan fingerprint density at radius 1 is 0.871 bits per heavy atom. The summed E-state index contributed by atoms with van der Waals surface area (Å²) in [6, 6.07) is 23.3. The molecule has 0 bridgehead atoms. The van der Waals surface area contributed by atoms with Crippen LogP contribution in [-0.4, -0.2) is 31.3 Å². The van der Waals surface area contributed by atoms with Crippen LogP contribution in [0, 0.1) is 0 Å². The van der Waals surface area contributed by atoms with Crippen LogP contribution in [0.3, 0.4) is 0 Å². The van der Waals surface area contributed by atoms with Crippen molar-refractivity contribution in [2.24, 2.45) is 0 Å². The predicted octanol–water partition coefficient (Wildman–Crippen LogP) is 4.17. The first-order valence-electron chi connectivity index (χ1n) is 10.1. The van der Waals surface area contributed by atoms with E-state index < -0.39 is 0 Å². The van der Waals surface area contributed by atoms with E-state index in [0.29, 0.717) is 25.4 Å². The van der Waals surface area contributed by atoms with E-state index in [1.54, 1.807) is 12.0 Å². The number of benzene rings is 3. The fourth-order valence-corrected chi connectivity index (χ4v) is 3.36. The van der Waals surface area contributed by atoms with Gasteiger partial charge in [-0.15, -0.1) is 0 Å². The van der Waals surface area contributed by atoms with Gasteiger partial charge in [0.15, 0.2) is 11.5 Å². The first kappa shape index (κ1) is 20.8. The average Bonchev–Trinajstić information content (AvgIpc) is 3.28. The van der Waals surface area contributed by atoms with Crippen LogP contribution in [0.25, 0.3) is 0 Å². The third kappa shape index (κ3) is 5.55. The van der Waals surface area contributed by atoms with E-state index in [0.717, 1.165) is 28.2 Å². The fourth-order valence-electron chi connectivity index (χ4n) is 3.36. The van der Waals surface area contributed by atoms with Gasteiger partial charge in [0.25, 0.3) is 0 Å². The summed E-state index contributed by atoms with van der Waals surface area (Å²) in [5.41, 5.74) is 3.01. The largest absolute Gasteiger partial charge is 0.497 e. The minimum Gasteiger partial charge on any atom is -0.497 e. The molecule has 0 fully saturated rings. The third-order valence-electron chi connectivity index (χ3n) is 5.03. The van der Waals surface area contributed by atoms with Gasteiger partial charge in [-0.1, -0.05) is 48.5 Å². The molecule has 3 aromatic carbocycles. The standard InChI is InChI=1S/C25H25NO5/c1-28-22-10-7-19(8-11-22)14-26(15-21-9-12-23-24(13-21)31-18-30-23)25(27)17-29-16-20-5-3-2-4-6-20/h2-13H,14-18H2,1H3. The molecule has 6 nitrogen and oxygen atoms in total. The number of fused-ring (bicyclic) bond motifs is 1. The first-order chi connectivity index (χ1) is 15.2. The predicted molar refractivity (Wildman–Crippen MR) is 116 cm³/mol. The van der Waals surface area contributed by atoms with Gasteiger partial charge in [-0.25, -0.2) is 0 Å². The smallest absolute Gasteiger partial charge is 0.249 e. The van der Waals surface area contributed by atoms with Crippen LogP contribution >= 0.6 is 0 Å². The van der Waals surface area contributed by atoms with E-state index in [9.17, 15) is 4.79 Å². The molecule has 3 aromatic rings. The zero-order chi connectivity index (χ0) is 21.5. The van der Waals surface area contributed by atoms with E-state index in [4.69, 9.17) is 18.9 Å². The van der Waals surface area contributed by atoms with Crippen LogP contribution in [0.15, 0.2) is 72.8 Å².